The van der Waals surface area contributed by atoms with Crippen molar-refractivity contribution in [2.45, 2.75) is 19.9 Å². The van der Waals surface area contributed by atoms with Gasteiger partial charge in [0.15, 0.2) is 0 Å². The first kappa shape index (κ1) is 15.8. The molecule has 0 amide bonds. The minimum Gasteiger partial charge on any atom is -0.495 e. The summed E-state index contributed by atoms with van der Waals surface area (Å²) in [6.07, 6.45) is 0. The van der Waals surface area contributed by atoms with Crippen LogP contribution < -0.4 is 10.1 Å². The van der Waals surface area contributed by atoms with Gasteiger partial charge in [-0.2, -0.15) is 0 Å². The maximum Gasteiger partial charge on any atom is 0.137 e. The Morgan fingerprint density at radius 1 is 1.29 bits per heavy atom. The molecule has 0 aromatic heterocycles. The van der Waals surface area contributed by atoms with Gasteiger partial charge in [0.05, 0.1) is 18.2 Å². The monoisotopic (exact) mass is 307 g/mol. The zero-order valence-electron chi connectivity index (χ0n) is 12.4. The summed E-state index contributed by atoms with van der Waals surface area (Å²) >= 11 is 6.06. The highest BCUT2D eigenvalue weighted by atomic mass is 35.5. The van der Waals surface area contributed by atoms with Crippen molar-refractivity contribution >= 4 is 11.6 Å². The molecule has 0 aliphatic rings. The van der Waals surface area contributed by atoms with Crippen LogP contribution in [0.25, 0.3) is 0 Å². The molecule has 21 heavy (non-hydrogen) atoms. The van der Waals surface area contributed by atoms with Crippen molar-refractivity contribution < 1.29 is 9.13 Å². The second-order valence-corrected chi connectivity index (χ2v) is 5.27. The summed E-state index contributed by atoms with van der Waals surface area (Å²) in [5.74, 6) is 0.405. The molecular weight excluding hydrogens is 289 g/mol. The predicted octanol–water partition coefficient (Wildman–Crippen LogP) is 4.50. The molecule has 0 saturated carbocycles. The molecular formula is C17H19ClFNO. The van der Waals surface area contributed by atoms with Crippen LogP contribution in [0, 0.1) is 12.7 Å². The second kappa shape index (κ2) is 6.92. The van der Waals surface area contributed by atoms with Gasteiger partial charge in [-0.05, 0) is 36.7 Å². The highest BCUT2D eigenvalue weighted by Crippen LogP contribution is 2.32. The van der Waals surface area contributed by atoms with Gasteiger partial charge in [-0.1, -0.05) is 42.8 Å². The Bertz CT molecular complexity index is 630. The molecule has 1 N–H and O–H groups in total. The van der Waals surface area contributed by atoms with E-state index < -0.39 is 0 Å². The van der Waals surface area contributed by atoms with E-state index in [1.54, 1.807) is 32.2 Å². The lowest BCUT2D eigenvalue weighted by Crippen LogP contribution is -2.23. The van der Waals surface area contributed by atoms with Crippen molar-refractivity contribution in [3.63, 3.8) is 0 Å². The summed E-state index contributed by atoms with van der Waals surface area (Å²) in [6, 6.07) is 10.7. The average molecular weight is 308 g/mol. The van der Waals surface area contributed by atoms with Gasteiger partial charge in [0, 0.05) is 5.56 Å². The Balaban J connectivity index is 2.50. The van der Waals surface area contributed by atoms with Gasteiger partial charge >= 0.3 is 0 Å². The first-order valence-electron chi connectivity index (χ1n) is 6.90. The van der Waals surface area contributed by atoms with Crippen molar-refractivity contribution in [2.24, 2.45) is 0 Å². The molecule has 0 fully saturated rings. The smallest absolute Gasteiger partial charge is 0.137 e. The van der Waals surface area contributed by atoms with Crippen LogP contribution in [0.5, 0.6) is 5.75 Å². The van der Waals surface area contributed by atoms with Gasteiger partial charge in [0.2, 0.25) is 0 Å². The van der Waals surface area contributed by atoms with E-state index in [2.05, 4.69) is 5.32 Å². The fourth-order valence-electron chi connectivity index (χ4n) is 2.36. The number of hydrogen-bond donors (Lipinski definition) is 1. The van der Waals surface area contributed by atoms with Gasteiger partial charge < -0.3 is 10.1 Å². The molecule has 2 aromatic rings. The van der Waals surface area contributed by atoms with Crippen molar-refractivity contribution in [1.82, 2.24) is 5.32 Å². The molecule has 1 unspecified atom stereocenters. The highest BCUT2D eigenvalue weighted by molar-refractivity contribution is 6.32. The van der Waals surface area contributed by atoms with Crippen LogP contribution in [-0.2, 0) is 0 Å². The molecule has 0 aliphatic heterocycles. The first-order valence-corrected chi connectivity index (χ1v) is 7.28. The maximum atomic E-state index is 14.4. The van der Waals surface area contributed by atoms with E-state index in [0.29, 0.717) is 21.9 Å². The van der Waals surface area contributed by atoms with Crippen LogP contribution in [0.2, 0.25) is 5.02 Å². The van der Waals surface area contributed by atoms with E-state index in [1.807, 2.05) is 25.1 Å². The van der Waals surface area contributed by atoms with Crippen LogP contribution in [-0.4, -0.2) is 13.7 Å². The molecule has 2 rings (SSSR count). The summed E-state index contributed by atoms with van der Waals surface area (Å²) in [5, 5.41) is 3.86. The van der Waals surface area contributed by atoms with Gasteiger partial charge in [0.1, 0.15) is 11.6 Å². The fraction of sp³-hybridized carbons (Fsp3) is 0.294. The summed E-state index contributed by atoms with van der Waals surface area (Å²) in [5.41, 5.74) is 2.18. The van der Waals surface area contributed by atoms with Crippen LogP contribution in [0.15, 0.2) is 36.4 Å². The van der Waals surface area contributed by atoms with Gasteiger partial charge in [-0.25, -0.2) is 4.39 Å². The maximum absolute atomic E-state index is 14.4. The van der Waals surface area contributed by atoms with E-state index in [4.69, 9.17) is 16.3 Å². The summed E-state index contributed by atoms with van der Waals surface area (Å²) in [7, 11) is 1.57. The Kier molecular flexibility index (Phi) is 5.21. The fourth-order valence-corrected chi connectivity index (χ4v) is 2.56. The normalized spacial score (nSPS) is 12.2. The molecule has 0 bridgehead atoms. The van der Waals surface area contributed by atoms with E-state index in [9.17, 15) is 4.39 Å². The molecule has 0 heterocycles. The zero-order valence-corrected chi connectivity index (χ0v) is 13.2. The van der Waals surface area contributed by atoms with Crippen LogP contribution in [0.1, 0.15) is 29.7 Å². The Morgan fingerprint density at radius 3 is 2.71 bits per heavy atom. The number of halogens is 2. The van der Waals surface area contributed by atoms with Crippen molar-refractivity contribution in [3.05, 3.63) is 63.9 Å². The molecule has 0 spiro atoms. The van der Waals surface area contributed by atoms with Crippen molar-refractivity contribution in [3.8, 4) is 5.75 Å². The average Bonchev–Trinajstić information content (AvgIpc) is 2.49. The van der Waals surface area contributed by atoms with E-state index in [0.717, 1.165) is 12.1 Å². The zero-order chi connectivity index (χ0) is 15.4. The molecule has 0 radical (unpaired) electrons. The number of rotatable bonds is 5. The molecule has 4 heteroatoms. The van der Waals surface area contributed by atoms with Crippen molar-refractivity contribution in [1.29, 1.82) is 0 Å². The number of benzene rings is 2. The van der Waals surface area contributed by atoms with Crippen LogP contribution in [0.4, 0.5) is 4.39 Å². The topological polar surface area (TPSA) is 21.3 Å². The SMILES string of the molecule is CCNC(c1ccc(Cl)c(OC)c1)c1cccc(C)c1F. The van der Waals surface area contributed by atoms with E-state index >= 15 is 0 Å². The number of nitrogens with one attached hydrogen (secondary N) is 1. The summed E-state index contributed by atoms with van der Waals surface area (Å²) in [4.78, 5) is 0. The highest BCUT2D eigenvalue weighted by Gasteiger charge is 2.19. The van der Waals surface area contributed by atoms with E-state index in [1.165, 1.54) is 0 Å². The predicted molar refractivity (Wildman–Crippen MR) is 84.7 cm³/mol. The number of methoxy groups -OCH3 is 1. The van der Waals surface area contributed by atoms with Crippen LogP contribution >= 0.6 is 11.6 Å². The lowest BCUT2D eigenvalue weighted by atomic mass is 9.96. The van der Waals surface area contributed by atoms with Crippen LogP contribution in [0.3, 0.4) is 0 Å². The van der Waals surface area contributed by atoms with Gasteiger partial charge in [-0.3, -0.25) is 0 Å². The number of hydrogen-bond acceptors (Lipinski definition) is 2. The lowest BCUT2D eigenvalue weighted by molar-refractivity contribution is 0.413. The molecule has 0 aliphatic carbocycles. The lowest BCUT2D eigenvalue weighted by Gasteiger charge is -2.21. The second-order valence-electron chi connectivity index (χ2n) is 4.86. The quantitative estimate of drug-likeness (QED) is 0.878. The first-order chi connectivity index (χ1) is 10.1. The summed E-state index contributed by atoms with van der Waals surface area (Å²) in [6.45, 7) is 4.49. The molecule has 112 valence electrons. The summed E-state index contributed by atoms with van der Waals surface area (Å²) < 4.78 is 19.7. The third-order valence-electron chi connectivity index (χ3n) is 3.45. The van der Waals surface area contributed by atoms with Gasteiger partial charge in [0.25, 0.3) is 0 Å². The van der Waals surface area contributed by atoms with Gasteiger partial charge in [-0.15, -0.1) is 0 Å². The third-order valence-corrected chi connectivity index (χ3v) is 3.76. The molecule has 1 atom stereocenters. The molecule has 2 aromatic carbocycles. The Morgan fingerprint density at radius 2 is 2.05 bits per heavy atom. The largest absolute Gasteiger partial charge is 0.495 e. The standard InChI is InChI=1S/C17H19ClFNO/c1-4-20-17(13-7-5-6-11(2)16(13)19)12-8-9-14(18)15(10-12)21-3/h5-10,17,20H,4H2,1-3H3. The molecule has 0 saturated heterocycles. The Labute approximate surface area is 129 Å². The van der Waals surface area contributed by atoms with Crippen molar-refractivity contribution in [2.75, 3.05) is 13.7 Å². The number of aryl methyl sites for hydroxylation is 1. The molecule has 2 nitrogen and oxygen atoms in total. The van der Waals surface area contributed by atoms with E-state index in [-0.39, 0.29) is 11.9 Å². The third kappa shape index (κ3) is 3.36. The number of ether oxygens (including phenoxy) is 1. The minimum absolute atomic E-state index is 0.183. The Hall–Kier alpha value is -1.58. The minimum atomic E-state index is -0.235.